The summed E-state index contributed by atoms with van der Waals surface area (Å²) in [4.78, 5) is 0. The van der Waals surface area contributed by atoms with Crippen LogP contribution in [0.25, 0.3) is 0 Å². The third kappa shape index (κ3) is 3.83. The highest BCUT2D eigenvalue weighted by Gasteiger charge is 2.35. The first-order valence-electron chi connectivity index (χ1n) is 8.27. The van der Waals surface area contributed by atoms with E-state index in [4.69, 9.17) is 4.74 Å². The number of halogens is 1. The van der Waals surface area contributed by atoms with E-state index in [0.717, 1.165) is 31.0 Å². The van der Waals surface area contributed by atoms with Crippen LogP contribution in [0.3, 0.4) is 0 Å². The van der Waals surface area contributed by atoms with Crippen LogP contribution < -0.4 is 5.32 Å². The van der Waals surface area contributed by atoms with Crippen LogP contribution in [-0.4, -0.2) is 24.8 Å². The molecule has 3 rings (SSSR count). The molecular formula is C18H26FNO. The highest BCUT2D eigenvalue weighted by molar-refractivity contribution is 5.19. The number of morpholine rings is 1. The quantitative estimate of drug-likeness (QED) is 0.913. The summed E-state index contributed by atoms with van der Waals surface area (Å²) in [7, 11) is 0. The predicted molar refractivity (Wildman–Crippen MR) is 82.8 cm³/mol. The number of rotatable bonds is 4. The van der Waals surface area contributed by atoms with Crippen molar-refractivity contribution in [3.05, 3.63) is 35.6 Å². The highest BCUT2D eigenvalue weighted by atomic mass is 19.1. The standard InChI is InChI=1S/C18H26FNO/c1-18(11-15-8-4-5-9-17(15)19)13-20-12-16(21-18)10-14-6-2-3-7-14/h4-5,8-9,14,16,20H,2-3,6-7,10-13H2,1H3. The van der Waals surface area contributed by atoms with Crippen LogP contribution >= 0.6 is 0 Å². The Morgan fingerprint density at radius 3 is 2.81 bits per heavy atom. The zero-order valence-electron chi connectivity index (χ0n) is 12.9. The van der Waals surface area contributed by atoms with E-state index in [0.29, 0.717) is 6.42 Å². The van der Waals surface area contributed by atoms with E-state index >= 15 is 0 Å². The number of hydrogen-bond acceptors (Lipinski definition) is 2. The smallest absolute Gasteiger partial charge is 0.126 e. The lowest BCUT2D eigenvalue weighted by Gasteiger charge is -2.40. The van der Waals surface area contributed by atoms with Crippen LogP contribution in [0.1, 0.15) is 44.6 Å². The summed E-state index contributed by atoms with van der Waals surface area (Å²) < 4.78 is 20.2. The maximum atomic E-state index is 13.9. The summed E-state index contributed by atoms with van der Waals surface area (Å²) in [5, 5.41) is 3.49. The first-order chi connectivity index (χ1) is 10.1. The fourth-order valence-corrected chi connectivity index (χ4v) is 3.88. The van der Waals surface area contributed by atoms with Crippen molar-refractivity contribution in [2.75, 3.05) is 13.1 Å². The van der Waals surface area contributed by atoms with Crippen molar-refractivity contribution in [3.63, 3.8) is 0 Å². The van der Waals surface area contributed by atoms with Crippen molar-refractivity contribution in [2.45, 2.75) is 57.2 Å². The number of nitrogens with one attached hydrogen (secondary N) is 1. The molecule has 2 aliphatic rings. The molecule has 1 heterocycles. The molecule has 21 heavy (non-hydrogen) atoms. The average molecular weight is 291 g/mol. The SMILES string of the molecule is CC1(Cc2ccccc2F)CNCC(CC2CCCC2)O1. The van der Waals surface area contributed by atoms with E-state index in [1.165, 1.54) is 31.7 Å². The second kappa shape index (κ2) is 6.45. The van der Waals surface area contributed by atoms with E-state index in [1.807, 2.05) is 12.1 Å². The first kappa shape index (κ1) is 15.0. The molecule has 0 spiro atoms. The van der Waals surface area contributed by atoms with Gasteiger partial charge in [-0.15, -0.1) is 0 Å². The van der Waals surface area contributed by atoms with Crippen LogP contribution in [0.15, 0.2) is 24.3 Å². The van der Waals surface area contributed by atoms with Gasteiger partial charge in [0.1, 0.15) is 5.82 Å². The lowest BCUT2D eigenvalue weighted by molar-refractivity contribution is -0.111. The largest absolute Gasteiger partial charge is 0.369 e. The monoisotopic (exact) mass is 291 g/mol. The molecule has 1 aliphatic carbocycles. The average Bonchev–Trinajstić information content (AvgIpc) is 2.94. The Bertz CT molecular complexity index is 472. The minimum absolute atomic E-state index is 0.125. The van der Waals surface area contributed by atoms with Gasteiger partial charge in [0.25, 0.3) is 0 Å². The second-order valence-electron chi connectivity index (χ2n) is 6.98. The van der Waals surface area contributed by atoms with Crippen molar-refractivity contribution in [2.24, 2.45) is 5.92 Å². The van der Waals surface area contributed by atoms with Gasteiger partial charge in [0.2, 0.25) is 0 Å². The van der Waals surface area contributed by atoms with E-state index in [-0.39, 0.29) is 17.5 Å². The van der Waals surface area contributed by atoms with Gasteiger partial charge in [0.05, 0.1) is 11.7 Å². The summed E-state index contributed by atoms with van der Waals surface area (Å²) in [6.45, 7) is 3.83. The molecule has 1 N–H and O–H groups in total. The molecule has 1 aromatic rings. The molecular weight excluding hydrogens is 265 g/mol. The molecule has 0 aromatic heterocycles. The van der Waals surface area contributed by atoms with Crippen LogP contribution in [0.2, 0.25) is 0 Å². The van der Waals surface area contributed by atoms with Crippen molar-refractivity contribution in [1.29, 1.82) is 0 Å². The summed E-state index contributed by atoms with van der Waals surface area (Å²) in [5.74, 6) is 0.702. The second-order valence-corrected chi connectivity index (χ2v) is 6.98. The Labute approximate surface area is 127 Å². The minimum atomic E-state index is -0.302. The van der Waals surface area contributed by atoms with Gasteiger partial charge in [0, 0.05) is 19.5 Å². The Hall–Kier alpha value is -0.930. The lowest BCUT2D eigenvalue weighted by Crippen LogP contribution is -2.53. The zero-order chi connectivity index (χ0) is 14.7. The molecule has 2 fully saturated rings. The maximum Gasteiger partial charge on any atom is 0.126 e. The van der Waals surface area contributed by atoms with Gasteiger partial charge in [-0.05, 0) is 30.9 Å². The molecule has 1 saturated heterocycles. The molecule has 0 radical (unpaired) electrons. The van der Waals surface area contributed by atoms with E-state index in [2.05, 4.69) is 12.2 Å². The Morgan fingerprint density at radius 1 is 1.29 bits per heavy atom. The molecule has 0 bridgehead atoms. The Balaban J connectivity index is 1.62. The minimum Gasteiger partial charge on any atom is -0.369 e. The van der Waals surface area contributed by atoms with E-state index < -0.39 is 0 Å². The molecule has 3 heteroatoms. The zero-order valence-corrected chi connectivity index (χ0v) is 12.9. The normalized spacial score (nSPS) is 30.7. The third-order valence-electron chi connectivity index (χ3n) is 4.92. The van der Waals surface area contributed by atoms with E-state index in [1.54, 1.807) is 6.07 Å². The Morgan fingerprint density at radius 2 is 2.05 bits per heavy atom. The van der Waals surface area contributed by atoms with E-state index in [9.17, 15) is 4.39 Å². The summed E-state index contributed by atoms with van der Waals surface area (Å²) in [6, 6.07) is 7.04. The van der Waals surface area contributed by atoms with Crippen LogP contribution in [-0.2, 0) is 11.2 Å². The maximum absolute atomic E-state index is 13.9. The van der Waals surface area contributed by atoms with Gasteiger partial charge in [-0.25, -0.2) is 4.39 Å². The van der Waals surface area contributed by atoms with Crippen molar-refractivity contribution in [3.8, 4) is 0 Å². The van der Waals surface area contributed by atoms with Crippen molar-refractivity contribution >= 4 is 0 Å². The molecule has 1 saturated carbocycles. The molecule has 1 aromatic carbocycles. The van der Waals surface area contributed by atoms with Gasteiger partial charge >= 0.3 is 0 Å². The van der Waals surface area contributed by atoms with Crippen LogP contribution in [0, 0.1) is 11.7 Å². The molecule has 1 aliphatic heterocycles. The fraction of sp³-hybridized carbons (Fsp3) is 0.667. The first-order valence-corrected chi connectivity index (χ1v) is 8.27. The van der Waals surface area contributed by atoms with Gasteiger partial charge in [-0.3, -0.25) is 0 Å². The number of benzene rings is 1. The topological polar surface area (TPSA) is 21.3 Å². The lowest BCUT2D eigenvalue weighted by atomic mass is 9.92. The summed E-state index contributed by atoms with van der Waals surface area (Å²) in [6.07, 6.45) is 7.51. The van der Waals surface area contributed by atoms with Crippen LogP contribution in [0.5, 0.6) is 0 Å². The molecule has 0 amide bonds. The van der Waals surface area contributed by atoms with Gasteiger partial charge in [-0.1, -0.05) is 43.9 Å². The predicted octanol–water partition coefficient (Wildman–Crippen LogP) is 3.70. The van der Waals surface area contributed by atoms with Crippen molar-refractivity contribution in [1.82, 2.24) is 5.32 Å². The molecule has 2 nitrogen and oxygen atoms in total. The fourth-order valence-electron chi connectivity index (χ4n) is 3.88. The van der Waals surface area contributed by atoms with Crippen LogP contribution in [0.4, 0.5) is 4.39 Å². The number of ether oxygens (including phenoxy) is 1. The highest BCUT2D eigenvalue weighted by Crippen LogP contribution is 2.32. The summed E-state index contributed by atoms with van der Waals surface area (Å²) in [5.41, 5.74) is 0.451. The van der Waals surface area contributed by atoms with Gasteiger partial charge in [-0.2, -0.15) is 0 Å². The van der Waals surface area contributed by atoms with Gasteiger partial charge in [0.15, 0.2) is 0 Å². The molecule has 2 unspecified atom stereocenters. The molecule has 116 valence electrons. The van der Waals surface area contributed by atoms with Crippen molar-refractivity contribution < 1.29 is 9.13 Å². The van der Waals surface area contributed by atoms with Gasteiger partial charge < -0.3 is 10.1 Å². The summed E-state index contributed by atoms with van der Waals surface area (Å²) >= 11 is 0. The molecule has 2 atom stereocenters. The number of hydrogen-bond donors (Lipinski definition) is 1. The Kier molecular flexibility index (Phi) is 4.60. The third-order valence-corrected chi connectivity index (χ3v) is 4.92.